The Morgan fingerprint density at radius 3 is 2.80 bits per heavy atom. The van der Waals surface area contributed by atoms with Crippen LogP contribution in [0.2, 0.25) is 0 Å². The number of aryl methyl sites for hydroxylation is 2. The summed E-state index contributed by atoms with van der Waals surface area (Å²) in [5, 5.41) is 10.8. The minimum atomic E-state index is 0.596. The summed E-state index contributed by atoms with van der Waals surface area (Å²) < 4.78 is 4.07. The van der Waals surface area contributed by atoms with Crippen molar-refractivity contribution in [1.29, 1.82) is 0 Å². The van der Waals surface area contributed by atoms with Gasteiger partial charge in [-0.25, -0.2) is 9.98 Å². The van der Waals surface area contributed by atoms with Gasteiger partial charge in [-0.1, -0.05) is 12.1 Å². The summed E-state index contributed by atoms with van der Waals surface area (Å²) in [6, 6.07) is 10.2. The molecule has 0 aliphatic rings. The van der Waals surface area contributed by atoms with Gasteiger partial charge in [0.15, 0.2) is 5.96 Å². The number of hydrogen-bond acceptors (Lipinski definition) is 3. The van der Waals surface area contributed by atoms with Crippen LogP contribution in [0.4, 0.5) is 0 Å². The Bertz CT molecular complexity index is 859. The number of hydrogen-bond donors (Lipinski definition) is 2. The second-order valence-electron chi connectivity index (χ2n) is 5.87. The maximum absolute atomic E-state index is 4.63. The maximum atomic E-state index is 4.63. The Morgan fingerprint density at radius 2 is 2.04 bits per heavy atom. The SMILES string of the molecule is CCNC(=NCc1ccnn1C)NCCn1c(C)nc2ccccc21. The van der Waals surface area contributed by atoms with Crippen LogP contribution in [0.15, 0.2) is 41.5 Å². The van der Waals surface area contributed by atoms with Gasteiger partial charge in [-0.3, -0.25) is 4.68 Å². The van der Waals surface area contributed by atoms with Gasteiger partial charge in [0.2, 0.25) is 0 Å². The fraction of sp³-hybridized carbons (Fsp3) is 0.389. The van der Waals surface area contributed by atoms with Crippen LogP contribution < -0.4 is 10.6 Å². The van der Waals surface area contributed by atoms with Crippen LogP contribution in [0.25, 0.3) is 11.0 Å². The predicted octanol–water partition coefficient (Wildman–Crippen LogP) is 1.83. The topological polar surface area (TPSA) is 72.1 Å². The van der Waals surface area contributed by atoms with Gasteiger partial charge in [0, 0.05) is 32.9 Å². The number of imidazole rings is 1. The molecule has 0 fully saturated rings. The van der Waals surface area contributed by atoms with E-state index in [-0.39, 0.29) is 0 Å². The minimum absolute atomic E-state index is 0.596. The number of nitrogens with one attached hydrogen (secondary N) is 2. The van der Waals surface area contributed by atoms with Gasteiger partial charge in [-0.15, -0.1) is 0 Å². The van der Waals surface area contributed by atoms with Crippen LogP contribution in [-0.2, 0) is 20.1 Å². The zero-order valence-corrected chi connectivity index (χ0v) is 15.0. The highest BCUT2D eigenvalue weighted by atomic mass is 15.3. The van der Waals surface area contributed by atoms with Gasteiger partial charge in [0.25, 0.3) is 0 Å². The molecular weight excluding hydrogens is 314 g/mol. The normalized spacial score (nSPS) is 11.9. The van der Waals surface area contributed by atoms with Crippen molar-refractivity contribution in [3.63, 3.8) is 0 Å². The summed E-state index contributed by atoms with van der Waals surface area (Å²) in [5.74, 6) is 1.84. The Kier molecular flexibility index (Phi) is 5.33. The van der Waals surface area contributed by atoms with Crippen molar-refractivity contribution in [1.82, 2.24) is 30.0 Å². The molecule has 0 radical (unpaired) electrons. The molecule has 0 aliphatic carbocycles. The molecule has 0 unspecified atom stereocenters. The molecule has 2 N–H and O–H groups in total. The standard InChI is InChI=1S/C18H25N7/c1-4-19-18(21-13-15-9-10-22-24(15)3)20-11-12-25-14(2)23-16-7-5-6-8-17(16)25/h5-10H,4,11-13H2,1-3H3,(H2,19,20,21). The van der Waals surface area contributed by atoms with Crippen molar-refractivity contribution in [2.75, 3.05) is 13.1 Å². The molecule has 0 saturated carbocycles. The summed E-state index contributed by atoms with van der Waals surface area (Å²) in [5.41, 5.74) is 3.28. The molecule has 7 nitrogen and oxygen atoms in total. The molecule has 0 saturated heterocycles. The number of benzene rings is 1. The van der Waals surface area contributed by atoms with Crippen LogP contribution in [0.3, 0.4) is 0 Å². The van der Waals surface area contributed by atoms with Crippen LogP contribution in [0.5, 0.6) is 0 Å². The van der Waals surface area contributed by atoms with Crippen molar-refractivity contribution in [2.24, 2.45) is 12.0 Å². The molecule has 0 amide bonds. The molecule has 1 aromatic carbocycles. The lowest BCUT2D eigenvalue weighted by Crippen LogP contribution is -2.39. The Balaban J connectivity index is 1.63. The van der Waals surface area contributed by atoms with E-state index in [1.54, 1.807) is 6.20 Å². The summed E-state index contributed by atoms with van der Waals surface area (Å²) in [7, 11) is 1.93. The second kappa shape index (κ2) is 7.83. The third-order valence-corrected chi connectivity index (χ3v) is 4.14. The van der Waals surface area contributed by atoms with Crippen molar-refractivity contribution in [2.45, 2.75) is 26.9 Å². The van der Waals surface area contributed by atoms with E-state index in [1.165, 1.54) is 5.52 Å². The number of para-hydroxylation sites is 2. The summed E-state index contributed by atoms with van der Waals surface area (Å²) in [6.45, 7) is 7.14. The minimum Gasteiger partial charge on any atom is -0.357 e. The Labute approximate surface area is 147 Å². The van der Waals surface area contributed by atoms with Crippen LogP contribution in [0.1, 0.15) is 18.4 Å². The van der Waals surface area contributed by atoms with Crippen LogP contribution in [0, 0.1) is 6.92 Å². The molecule has 132 valence electrons. The fourth-order valence-corrected chi connectivity index (χ4v) is 2.82. The Morgan fingerprint density at radius 1 is 1.20 bits per heavy atom. The van der Waals surface area contributed by atoms with Gasteiger partial charge in [-0.05, 0) is 32.0 Å². The van der Waals surface area contributed by atoms with E-state index in [0.29, 0.717) is 6.54 Å². The average Bonchev–Trinajstić information content (AvgIpc) is 3.15. The van der Waals surface area contributed by atoms with Gasteiger partial charge in [-0.2, -0.15) is 5.10 Å². The first-order valence-electron chi connectivity index (χ1n) is 8.60. The van der Waals surface area contributed by atoms with Crippen molar-refractivity contribution in [3.05, 3.63) is 48.0 Å². The fourth-order valence-electron chi connectivity index (χ4n) is 2.82. The van der Waals surface area contributed by atoms with Crippen molar-refractivity contribution < 1.29 is 0 Å². The number of rotatable bonds is 6. The van der Waals surface area contributed by atoms with E-state index in [9.17, 15) is 0 Å². The molecule has 2 aromatic heterocycles. The second-order valence-corrected chi connectivity index (χ2v) is 5.87. The van der Waals surface area contributed by atoms with Gasteiger partial charge >= 0.3 is 0 Å². The molecule has 2 heterocycles. The number of aliphatic imine (C=N–C) groups is 1. The molecule has 3 aromatic rings. The zero-order valence-electron chi connectivity index (χ0n) is 15.0. The number of aromatic nitrogens is 4. The van der Waals surface area contributed by atoms with Gasteiger partial charge < -0.3 is 15.2 Å². The first-order chi connectivity index (χ1) is 12.2. The lowest BCUT2D eigenvalue weighted by Gasteiger charge is -2.13. The van der Waals surface area contributed by atoms with Crippen molar-refractivity contribution in [3.8, 4) is 0 Å². The third-order valence-electron chi connectivity index (χ3n) is 4.14. The molecule has 0 aliphatic heterocycles. The molecule has 25 heavy (non-hydrogen) atoms. The van der Waals surface area contributed by atoms with E-state index in [2.05, 4.69) is 43.3 Å². The molecule has 7 heteroatoms. The predicted molar refractivity (Wildman–Crippen MR) is 100 cm³/mol. The zero-order chi connectivity index (χ0) is 17.6. The summed E-state index contributed by atoms with van der Waals surface area (Å²) >= 11 is 0. The summed E-state index contributed by atoms with van der Waals surface area (Å²) in [6.07, 6.45) is 1.79. The number of fused-ring (bicyclic) bond motifs is 1. The number of guanidine groups is 1. The molecule has 0 bridgehead atoms. The van der Waals surface area contributed by atoms with E-state index in [4.69, 9.17) is 0 Å². The third kappa shape index (κ3) is 3.99. The lowest BCUT2D eigenvalue weighted by molar-refractivity contribution is 0.658. The van der Waals surface area contributed by atoms with Gasteiger partial charge in [0.05, 0.1) is 23.3 Å². The first kappa shape index (κ1) is 17.0. The monoisotopic (exact) mass is 339 g/mol. The highest BCUT2D eigenvalue weighted by molar-refractivity contribution is 5.79. The quantitative estimate of drug-likeness (QED) is 0.531. The highest BCUT2D eigenvalue weighted by Gasteiger charge is 2.06. The maximum Gasteiger partial charge on any atom is 0.191 e. The lowest BCUT2D eigenvalue weighted by atomic mass is 10.3. The average molecular weight is 339 g/mol. The first-order valence-corrected chi connectivity index (χ1v) is 8.60. The van der Waals surface area contributed by atoms with E-state index >= 15 is 0 Å². The number of nitrogens with zero attached hydrogens (tertiary/aromatic N) is 5. The van der Waals surface area contributed by atoms with Crippen molar-refractivity contribution >= 4 is 17.0 Å². The van der Waals surface area contributed by atoms with Crippen LogP contribution in [-0.4, -0.2) is 38.4 Å². The smallest absolute Gasteiger partial charge is 0.191 e. The van der Waals surface area contributed by atoms with Crippen LogP contribution >= 0.6 is 0 Å². The highest BCUT2D eigenvalue weighted by Crippen LogP contribution is 2.14. The Hall–Kier alpha value is -2.83. The van der Waals surface area contributed by atoms with Gasteiger partial charge in [0.1, 0.15) is 5.82 Å². The van der Waals surface area contributed by atoms with E-state index < -0.39 is 0 Å². The largest absolute Gasteiger partial charge is 0.357 e. The summed E-state index contributed by atoms with van der Waals surface area (Å²) in [4.78, 5) is 9.24. The molecule has 3 rings (SSSR count). The van der Waals surface area contributed by atoms with E-state index in [0.717, 1.165) is 42.6 Å². The van der Waals surface area contributed by atoms with E-state index in [1.807, 2.05) is 42.9 Å². The molecular formula is C18H25N7. The molecule has 0 atom stereocenters. The molecule has 0 spiro atoms.